The summed E-state index contributed by atoms with van der Waals surface area (Å²) in [5.74, 6) is 0.0856. The first kappa shape index (κ1) is 15.6. The number of carbonyl (C=O) groups excluding carboxylic acids is 2. The molecule has 0 radical (unpaired) electrons. The van der Waals surface area contributed by atoms with Gasteiger partial charge in [-0.2, -0.15) is 0 Å². The van der Waals surface area contributed by atoms with Gasteiger partial charge in [-0.05, 0) is 35.9 Å². The molecule has 0 spiro atoms. The Kier molecular flexibility index (Phi) is 4.11. The maximum Gasteiger partial charge on any atom is 0.308 e. The minimum Gasteiger partial charge on any atom is -0.452 e. The molecule has 0 unspecified atom stereocenters. The standard InChI is InChI=1S/C17H10Cl2O4/c1-9(20)22-12-4-5-13-15(8-12)23-16(17(13)21)6-10-2-3-11(18)7-14(10)19/h2-8H,1H3/b16-6+. The van der Waals surface area contributed by atoms with Crippen LogP contribution >= 0.6 is 23.2 Å². The molecule has 6 heteroatoms. The van der Waals surface area contributed by atoms with Crippen molar-refractivity contribution in [3.05, 3.63) is 63.3 Å². The van der Waals surface area contributed by atoms with E-state index in [9.17, 15) is 9.59 Å². The highest BCUT2D eigenvalue weighted by atomic mass is 35.5. The van der Waals surface area contributed by atoms with Crippen molar-refractivity contribution >= 4 is 41.0 Å². The third-order valence-corrected chi connectivity index (χ3v) is 3.71. The van der Waals surface area contributed by atoms with Crippen LogP contribution in [0.5, 0.6) is 11.5 Å². The number of fused-ring (bicyclic) bond motifs is 1. The van der Waals surface area contributed by atoms with Crippen LogP contribution in [0, 0.1) is 0 Å². The monoisotopic (exact) mass is 348 g/mol. The molecule has 0 bridgehead atoms. The van der Waals surface area contributed by atoms with Gasteiger partial charge in [0.05, 0.1) is 5.56 Å². The summed E-state index contributed by atoms with van der Waals surface area (Å²) >= 11 is 11.9. The number of rotatable bonds is 2. The maximum absolute atomic E-state index is 12.3. The highest BCUT2D eigenvalue weighted by Gasteiger charge is 2.28. The Morgan fingerprint density at radius 3 is 2.65 bits per heavy atom. The van der Waals surface area contributed by atoms with Crippen LogP contribution in [0.2, 0.25) is 10.0 Å². The molecule has 1 aliphatic heterocycles. The van der Waals surface area contributed by atoms with E-state index in [2.05, 4.69) is 0 Å². The summed E-state index contributed by atoms with van der Waals surface area (Å²) in [5, 5.41) is 0.920. The molecule has 0 saturated carbocycles. The second kappa shape index (κ2) is 6.07. The van der Waals surface area contributed by atoms with Gasteiger partial charge in [0.1, 0.15) is 11.5 Å². The number of carbonyl (C=O) groups is 2. The van der Waals surface area contributed by atoms with Crippen LogP contribution < -0.4 is 9.47 Å². The molecular formula is C17H10Cl2O4. The number of allylic oxidation sites excluding steroid dienone is 1. The second-order valence-electron chi connectivity index (χ2n) is 4.86. The number of Topliss-reactive ketones (excluding diaryl/α,β-unsaturated/α-hetero) is 1. The van der Waals surface area contributed by atoms with Crippen molar-refractivity contribution in [2.24, 2.45) is 0 Å². The van der Waals surface area contributed by atoms with Gasteiger partial charge in [0.15, 0.2) is 5.76 Å². The minimum atomic E-state index is -0.446. The molecule has 0 aromatic heterocycles. The fraction of sp³-hybridized carbons (Fsp3) is 0.0588. The van der Waals surface area contributed by atoms with E-state index in [-0.39, 0.29) is 11.5 Å². The van der Waals surface area contributed by atoms with Crippen LogP contribution in [0.15, 0.2) is 42.2 Å². The average Bonchev–Trinajstić information content (AvgIpc) is 2.77. The maximum atomic E-state index is 12.3. The smallest absolute Gasteiger partial charge is 0.308 e. The van der Waals surface area contributed by atoms with Crippen molar-refractivity contribution in [1.82, 2.24) is 0 Å². The summed E-state index contributed by atoms with van der Waals surface area (Å²) in [4.78, 5) is 23.3. The topological polar surface area (TPSA) is 52.6 Å². The van der Waals surface area contributed by atoms with Crippen LogP contribution in [-0.2, 0) is 4.79 Å². The molecule has 23 heavy (non-hydrogen) atoms. The quantitative estimate of drug-likeness (QED) is 0.454. The molecule has 3 rings (SSSR count). The molecular weight excluding hydrogens is 339 g/mol. The predicted molar refractivity (Wildman–Crippen MR) is 87.1 cm³/mol. The molecule has 4 nitrogen and oxygen atoms in total. The number of ether oxygens (including phenoxy) is 2. The van der Waals surface area contributed by atoms with Crippen molar-refractivity contribution in [1.29, 1.82) is 0 Å². The Morgan fingerprint density at radius 1 is 1.17 bits per heavy atom. The van der Waals surface area contributed by atoms with E-state index in [1.54, 1.807) is 36.4 Å². The lowest BCUT2D eigenvalue weighted by atomic mass is 10.1. The van der Waals surface area contributed by atoms with Gasteiger partial charge in [-0.15, -0.1) is 0 Å². The Bertz CT molecular complexity index is 856. The van der Waals surface area contributed by atoms with Crippen molar-refractivity contribution in [2.75, 3.05) is 0 Å². The summed E-state index contributed by atoms with van der Waals surface area (Å²) in [7, 11) is 0. The number of ketones is 1. The van der Waals surface area contributed by atoms with Crippen molar-refractivity contribution < 1.29 is 19.1 Å². The van der Waals surface area contributed by atoms with Crippen LogP contribution in [0.25, 0.3) is 6.08 Å². The van der Waals surface area contributed by atoms with Gasteiger partial charge in [0.25, 0.3) is 0 Å². The summed E-state index contributed by atoms with van der Waals surface area (Å²) in [6.07, 6.45) is 1.55. The number of esters is 1. The molecule has 0 amide bonds. The Hall–Kier alpha value is -2.30. The minimum absolute atomic E-state index is 0.143. The number of hydrogen-bond acceptors (Lipinski definition) is 4. The zero-order valence-corrected chi connectivity index (χ0v) is 13.4. The van der Waals surface area contributed by atoms with Gasteiger partial charge in [-0.3, -0.25) is 9.59 Å². The number of benzene rings is 2. The van der Waals surface area contributed by atoms with Gasteiger partial charge in [0.2, 0.25) is 5.78 Å². The highest BCUT2D eigenvalue weighted by molar-refractivity contribution is 6.35. The van der Waals surface area contributed by atoms with Gasteiger partial charge >= 0.3 is 5.97 Å². The van der Waals surface area contributed by atoms with Gasteiger partial charge in [-0.25, -0.2) is 0 Å². The third kappa shape index (κ3) is 3.23. The van der Waals surface area contributed by atoms with E-state index in [0.29, 0.717) is 32.7 Å². The number of halogens is 2. The van der Waals surface area contributed by atoms with E-state index < -0.39 is 5.97 Å². The van der Waals surface area contributed by atoms with Crippen molar-refractivity contribution in [2.45, 2.75) is 6.92 Å². The average molecular weight is 349 g/mol. The highest BCUT2D eigenvalue weighted by Crippen LogP contribution is 2.35. The zero-order valence-electron chi connectivity index (χ0n) is 11.9. The normalized spacial score (nSPS) is 14.6. The van der Waals surface area contributed by atoms with Gasteiger partial charge < -0.3 is 9.47 Å². The zero-order chi connectivity index (χ0) is 16.6. The third-order valence-electron chi connectivity index (χ3n) is 3.15. The van der Waals surface area contributed by atoms with Crippen molar-refractivity contribution in [3.8, 4) is 11.5 Å². The second-order valence-corrected chi connectivity index (χ2v) is 5.70. The van der Waals surface area contributed by atoms with E-state index in [1.807, 2.05) is 0 Å². The molecule has 0 atom stereocenters. The molecule has 0 fully saturated rings. The summed E-state index contributed by atoms with van der Waals surface area (Å²) in [6, 6.07) is 9.55. The Balaban J connectivity index is 1.93. The summed E-state index contributed by atoms with van der Waals surface area (Å²) in [6.45, 7) is 1.30. The van der Waals surface area contributed by atoms with E-state index in [0.717, 1.165) is 0 Å². The lowest BCUT2D eigenvalue weighted by molar-refractivity contribution is -0.131. The van der Waals surface area contributed by atoms with Crippen molar-refractivity contribution in [3.63, 3.8) is 0 Å². The molecule has 0 saturated heterocycles. The first-order valence-electron chi connectivity index (χ1n) is 6.66. The lowest BCUT2D eigenvalue weighted by Crippen LogP contribution is -2.01. The molecule has 116 valence electrons. The molecule has 0 aliphatic carbocycles. The van der Waals surface area contributed by atoms with E-state index >= 15 is 0 Å². The Labute approximate surface area is 142 Å². The Morgan fingerprint density at radius 2 is 1.96 bits per heavy atom. The van der Waals surface area contributed by atoms with Crippen LogP contribution in [0.4, 0.5) is 0 Å². The molecule has 2 aromatic carbocycles. The summed E-state index contributed by atoms with van der Waals surface area (Å²) < 4.78 is 10.5. The molecule has 2 aromatic rings. The largest absolute Gasteiger partial charge is 0.452 e. The van der Waals surface area contributed by atoms with Gasteiger partial charge in [0, 0.05) is 23.0 Å². The molecule has 1 heterocycles. The predicted octanol–water partition coefficient (Wildman–Crippen LogP) is 4.53. The number of hydrogen-bond donors (Lipinski definition) is 0. The fourth-order valence-corrected chi connectivity index (χ4v) is 2.62. The first-order chi connectivity index (χ1) is 10.9. The van der Waals surface area contributed by atoms with E-state index in [4.69, 9.17) is 32.7 Å². The SMILES string of the molecule is CC(=O)Oc1ccc2c(c1)O/C(=C/c1ccc(Cl)cc1Cl)C2=O. The fourth-order valence-electron chi connectivity index (χ4n) is 2.16. The van der Waals surface area contributed by atoms with E-state index in [1.165, 1.54) is 13.0 Å². The molecule has 1 aliphatic rings. The van der Waals surface area contributed by atoms with Gasteiger partial charge in [-0.1, -0.05) is 29.3 Å². The summed E-state index contributed by atoms with van der Waals surface area (Å²) in [5.41, 5.74) is 1.02. The lowest BCUT2D eigenvalue weighted by Gasteiger charge is -2.03. The van der Waals surface area contributed by atoms with Crippen LogP contribution in [-0.4, -0.2) is 11.8 Å². The van der Waals surface area contributed by atoms with Crippen LogP contribution in [0.3, 0.4) is 0 Å². The molecule has 0 N–H and O–H groups in total. The first-order valence-corrected chi connectivity index (χ1v) is 7.41. The van der Waals surface area contributed by atoms with Crippen LogP contribution in [0.1, 0.15) is 22.8 Å².